The zero-order valence-electron chi connectivity index (χ0n) is 18.7. The summed E-state index contributed by atoms with van der Waals surface area (Å²) < 4.78 is 5.80. The van der Waals surface area contributed by atoms with Gasteiger partial charge in [0.25, 0.3) is 0 Å². The van der Waals surface area contributed by atoms with E-state index in [0.29, 0.717) is 25.0 Å². The summed E-state index contributed by atoms with van der Waals surface area (Å²) in [4.78, 5) is 32.9. The van der Waals surface area contributed by atoms with Crippen molar-refractivity contribution in [2.24, 2.45) is 10.9 Å². The highest BCUT2D eigenvalue weighted by Crippen LogP contribution is 2.26. The summed E-state index contributed by atoms with van der Waals surface area (Å²) in [6, 6.07) is 0.158. The van der Waals surface area contributed by atoms with Gasteiger partial charge >= 0.3 is 0 Å². The summed E-state index contributed by atoms with van der Waals surface area (Å²) >= 11 is 0. The number of carbonyl (C=O) groups is 2. The molecule has 2 amide bonds. The van der Waals surface area contributed by atoms with E-state index in [1.807, 2.05) is 4.90 Å². The quantitative estimate of drug-likeness (QED) is 0.500. The molecule has 2 atom stereocenters. The molecule has 170 valence electrons. The molecule has 2 saturated heterocycles. The topological polar surface area (TPSA) is 86.3 Å². The highest BCUT2D eigenvalue weighted by Gasteiger charge is 2.32. The van der Waals surface area contributed by atoms with Crippen molar-refractivity contribution in [1.29, 1.82) is 0 Å². The molecule has 0 aromatic rings. The minimum atomic E-state index is -0.0365. The largest absolute Gasteiger partial charge is 0.376 e. The maximum Gasteiger partial charge on any atom is 0.243 e. The number of likely N-dealkylation sites (N-methyl/N-ethyl adjacent to an activating group) is 1. The van der Waals surface area contributed by atoms with Gasteiger partial charge in [0.1, 0.15) is 6.54 Å². The zero-order valence-corrected chi connectivity index (χ0v) is 18.7. The first-order chi connectivity index (χ1) is 14.5. The van der Waals surface area contributed by atoms with E-state index in [-0.39, 0.29) is 30.5 Å². The number of carbonyl (C=O) groups excluding carboxylic acids is 2. The highest BCUT2D eigenvalue weighted by atomic mass is 16.5. The van der Waals surface area contributed by atoms with E-state index in [9.17, 15) is 9.59 Å². The fourth-order valence-electron chi connectivity index (χ4n) is 4.50. The van der Waals surface area contributed by atoms with Crippen molar-refractivity contribution in [3.8, 4) is 0 Å². The molecule has 0 spiro atoms. The van der Waals surface area contributed by atoms with Gasteiger partial charge in [-0.05, 0) is 38.5 Å². The first-order valence-electron chi connectivity index (χ1n) is 11.7. The van der Waals surface area contributed by atoms with Crippen molar-refractivity contribution in [2.75, 3.05) is 46.9 Å². The van der Waals surface area contributed by atoms with Crippen LogP contribution >= 0.6 is 0 Å². The van der Waals surface area contributed by atoms with Gasteiger partial charge in [0, 0.05) is 52.3 Å². The predicted octanol–water partition coefficient (Wildman–Crippen LogP) is 1.36. The van der Waals surface area contributed by atoms with Crippen LogP contribution in [0.25, 0.3) is 0 Å². The summed E-state index contributed by atoms with van der Waals surface area (Å²) in [5.41, 5.74) is 0. The molecule has 0 radical (unpaired) electrons. The second-order valence-corrected chi connectivity index (χ2v) is 9.07. The monoisotopic (exact) mass is 421 g/mol. The Morgan fingerprint density at radius 2 is 1.83 bits per heavy atom. The van der Waals surface area contributed by atoms with E-state index in [4.69, 9.17) is 4.74 Å². The summed E-state index contributed by atoms with van der Waals surface area (Å²) in [7, 11) is 3.47. The van der Waals surface area contributed by atoms with Crippen molar-refractivity contribution in [3.05, 3.63) is 0 Å². The van der Waals surface area contributed by atoms with E-state index in [2.05, 4.69) is 15.6 Å². The molecule has 3 fully saturated rings. The number of ether oxygens (including phenoxy) is 1. The number of guanidine groups is 1. The molecule has 0 aromatic carbocycles. The number of rotatable bonds is 6. The minimum absolute atomic E-state index is 0.0365. The lowest BCUT2D eigenvalue weighted by Crippen LogP contribution is -2.48. The van der Waals surface area contributed by atoms with Crippen LogP contribution < -0.4 is 10.6 Å². The maximum absolute atomic E-state index is 12.8. The van der Waals surface area contributed by atoms with E-state index in [0.717, 1.165) is 45.3 Å². The SMILES string of the molecule is CN(C)C(=O)CN=C(NCC1CCCCO1)NC1CCN(C(=O)C2CCCCC2)C1. The second-order valence-electron chi connectivity index (χ2n) is 9.07. The third-order valence-corrected chi connectivity index (χ3v) is 6.44. The molecular weight excluding hydrogens is 382 g/mol. The molecule has 3 aliphatic rings. The lowest BCUT2D eigenvalue weighted by atomic mass is 9.88. The number of nitrogens with one attached hydrogen (secondary N) is 2. The van der Waals surface area contributed by atoms with Crippen LogP contribution in [0.3, 0.4) is 0 Å². The minimum Gasteiger partial charge on any atom is -0.376 e. The fraction of sp³-hybridized carbons (Fsp3) is 0.864. The Morgan fingerprint density at radius 3 is 2.53 bits per heavy atom. The van der Waals surface area contributed by atoms with Crippen molar-refractivity contribution >= 4 is 17.8 Å². The molecule has 8 heteroatoms. The van der Waals surface area contributed by atoms with Gasteiger partial charge < -0.3 is 25.2 Å². The Labute approximate surface area is 180 Å². The Balaban J connectivity index is 1.52. The average molecular weight is 422 g/mol. The smallest absolute Gasteiger partial charge is 0.243 e. The van der Waals surface area contributed by atoms with Crippen LogP contribution in [0, 0.1) is 5.92 Å². The van der Waals surface area contributed by atoms with Gasteiger partial charge in [-0.3, -0.25) is 9.59 Å². The van der Waals surface area contributed by atoms with Crippen LogP contribution in [0.15, 0.2) is 4.99 Å². The molecule has 1 aliphatic carbocycles. The van der Waals surface area contributed by atoms with Crippen molar-refractivity contribution in [1.82, 2.24) is 20.4 Å². The van der Waals surface area contributed by atoms with Gasteiger partial charge in [-0.2, -0.15) is 0 Å². The van der Waals surface area contributed by atoms with Gasteiger partial charge in [-0.15, -0.1) is 0 Å². The van der Waals surface area contributed by atoms with E-state index in [1.165, 1.54) is 25.7 Å². The molecule has 3 rings (SSSR count). The van der Waals surface area contributed by atoms with Crippen LogP contribution in [0.4, 0.5) is 0 Å². The molecule has 0 bridgehead atoms. The number of amides is 2. The third-order valence-electron chi connectivity index (χ3n) is 6.44. The predicted molar refractivity (Wildman–Crippen MR) is 117 cm³/mol. The summed E-state index contributed by atoms with van der Waals surface area (Å²) in [6.07, 6.45) is 10.1. The standard InChI is InChI=1S/C22H39N5O3/c1-26(2)20(28)15-24-22(23-14-19-10-6-7-13-30-19)25-18-11-12-27(16-18)21(29)17-8-4-3-5-9-17/h17-19H,3-16H2,1-2H3,(H2,23,24,25). The second kappa shape index (κ2) is 11.5. The lowest BCUT2D eigenvalue weighted by Gasteiger charge is -2.27. The average Bonchev–Trinajstić information content (AvgIpc) is 3.24. The van der Waals surface area contributed by atoms with E-state index in [1.54, 1.807) is 19.0 Å². The summed E-state index contributed by atoms with van der Waals surface area (Å²) in [5.74, 6) is 1.13. The molecule has 2 N–H and O–H groups in total. The summed E-state index contributed by atoms with van der Waals surface area (Å²) in [5, 5.41) is 6.81. The van der Waals surface area contributed by atoms with Crippen LogP contribution in [0.2, 0.25) is 0 Å². The molecule has 2 unspecified atom stereocenters. The molecule has 1 saturated carbocycles. The number of nitrogens with zero attached hydrogens (tertiary/aromatic N) is 3. The van der Waals surface area contributed by atoms with E-state index >= 15 is 0 Å². The van der Waals surface area contributed by atoms with Gasteiger partial charge in [-0.1, -0.05) is 19.3 Å². The van der Waals surface area contributed by atoms with Crippen molar-refractivity contribution < 1.29 is 14.3 Å². The van der Waals surface area contributed by atoms with Gasteiger partial charge in [-0.25, -0.2) is 4.99 Å². The molecule has 30 heavy (non-hydrogen) atoms. The van der Waals surface area contributed by atoms with Crippen LogP contribution in [-0.4, -0.2) is 86.6 Å². The first-order valence-corrected chi connectivity index (χ1v) is 11.7. The van der Waals surface area contributed by atoms with Crippen molar-refractivity contribution in [2.45, 2.75) is 69.9 Å². The summed E-state index contributed by atoms with van der Waals surface area (Å²) in [6.45, 7) is 3.09. The number of hydrogen-bond donors (Lipinski definition) is 2. The number of likely N-dealkylation sites (tertiary alicyclic amines) is 1. The van der Waals surface area contributed by atoms with Crippen LogP contribution in [0.5, 0.6) is 0 Å². The third kappa shape index (κ3) is 6.86. The molecule has 2 aliphatic heterocycles. The molecule has 2 heterocycles. The van der Waals surface area contributed by atoms with Crippen LogP contribution in [-0.2, 0) is 14.3 Å². The Kier molecular flexibility index (Phi) is 8.78. The molecule has 0 aromatic heterocycles. The van der Waals surface area contributed by atoms with Gasteiger partial charge in [0.2, 0.25) is 11.8 Å². The molecular formula is C22H39N5O3. The van der Waals surface area contributed by atoms with Gasteiger partial charge in [0.05, 0.1) is 6.10 Å². The van der Waals surface area contributed by atoms with Crippen LogP contribution in [0.1, 0.15) is 57.8 Å². The first kappa shape index (κ1) is 22.8. The zero-order chi connectivity index (χ0) is 21.3. The molecule has 8 nitrogen and oxygen atoms in total. The lowest BCUT2D eigenvalue weighted by molar-refractivity contribution is -0.135. The fourth-order valence-corrected chi connectivity index (χ4v) is 4.50. The van der Waals surface area contributed by atoms with E-state index < -0.39 is 0 Å². The van der Waals surface area contributed by atoms with Crippen molar-refractivity contribution in [3.63, 3.8) is 0 Å². The number of hydrogen-bond acceptors (Lipinski definition) is 4. The Bertz CT molecular complexity index is 598. The Hall–Kier alpha value is -1.83. The maximum atomic E-state index is 12.8. The normalized spacial score (nSPS) is 25.8. The highest BCUT2D eigenvalue weighted by molar-refractivity contribution is 5.85. The Morgan fingerprint density at radius 1 is 1.07 bits per heavy atom. The number of aliphatic imine (C=N–C) groups is 1. The van der Waals surface area contributed by atoms with Gasteiger partial charge in [0.15, 0.2) is 5.96 Å².